The molecule has 0 saturated heterocycles. The van der Waals surface area contributed by atoms with Crippen molar-refractivity contribution in [3.05, 3.63) is 65.5 Å². The molecule has 1 amide bonds. The molecule has 0 radical (unpaired) electrons. The Kier molecular flexibility index (Phi) is 5.26. The van der Waals surface area contributed by atoms with E-state index in [4.69, 9.17) is 5.73 Å². The molecule has 1 fully saturated rings. The number of aryl methyl sites for hydroxylation is 1. The van der Waals surface area contributed by atoms with E-state index in [-0.39, 0.29) is 11.9 Å². The van der Waals surface area contributed by atoms with Crippen LogP contribution in [0.15, 0.2) is 48.7 Å². The summed E-state index contributed by atoms with van der Waals surface area (Å²) in [7, 11) is 0. The molecular weight excluding hydrogens is 298 g/mol. The van der Waals surface area contributed by atoms with Gasteiger partial charge in [-0.15, -0.1) is 0 Å². The third-order valence-corrected chi connectivity index (χ3v) is 4.79. The van der Waals surface area contributed by atoms with Crippen molar-refractivity contribution in [3.63, 3.8) is 0 Å². The van der Waals surface area contributed by atoms with Gasteiger partial charge in [-0.1, -0.05) is 30.3 Å². The Morgan fingerprint density at radius 3 is 2.58 bits per heavy atom. The third-order valence-electron chi connectivity index (χ3n) is 4.79. The molecule has 0 bridgehead atoms. The highest BCUT2D eigenvalue weighted by molar-refractivity contribution is 5.76. The van der Waals surface area contributed by atoms with Crippen molar-refractivity contribution >= 4 is 5.91 Å². The third kappa shape index (κ3) is 4.20. The summed E-state index contributed by atoms with van der Waals surface area (Å²) in [5.74, 6) is 0.636. The largest absolute Gasteiger partial charge is 0.332 e. The molecule has 1 aliphatic carbocycles. The Morgan fingerprint density at radius 1 is 1.17 bits per heavy atom. The smallest absolute Gasteiger partial charge is 0.223 e. The van der Waals surface area contributed by atoms with Gasteiger partial charge >= 0.3 is 0 Å². The van der Waals surface area contributed by atoms with Crippen LogP contribution >= 0.6 is 0 Å². The summed E-state index contributed by atoms with van der Waals surface area (Å²) in [5.41, 5.74) is 9.17. The van der Waals surface area contributed by atoms with Gasteiger partial charge in [0.15, 0.2) is 0 Å². The normalized spacial score (nSPS) is 19.6. The van der Waals surface area contributed by atoms with Crippen LogP contribution in [0.5, 0.6) is 0 Å². The number of carbonyl (C=O) groups is 1. The molecule has 1 aromatic heterocycles. The Hall–Kier alpha value is -2.20. The van der Waals surface area contributed by atoms with Gasteiger partial charge in [0.1, 0.15) is 0 Å². The van der Waals surface area contributed by atoms with Crippen molar-refractivity contribution < 1.29 is 4.79 Å². The zero-order valence-electron chi connectivity index (χ0n) is 14.2. The number of hydrogen-bond acceptors (Lipinski definition) is 3. The first-order valence-corrected chi connectivity index (χ1v) is 8.59. The highest BCUT2D eigenvalue weighted by Crippen LogP contribution is 2.29. The fourth-order valence-electron chi connectivity index (χ4n) is 3.24. The van der Waals surface area contributed by atoms with Gasteiger partial charge in [-0.2, -0.15) is 0 Å². The highest BCUT2D eigenvalue weighted by Gasteiger charge is 2.29. The molecule has 3 rings (SSSR count). The van der Waals surface area contributed by atoms with Crippen LogP contribution in [0.25, 0.3) is 0 Å². The molecule has 1 aromatic carbocycles. The zero-order valence-corrected chi connectivity index (χ0v) is 14.2. The van der Waals surface area contributed by atoms with Crippen LogP contribution in [0.3, 0.4) is 0 Å². The van der Waals surface area contributed by atoms with Crippen molar-refractivity contribution in [2.24, 2.45) is 11.7 Å². The number of aromatic nitrogens is 1. The Labute approximate surface area is 143 Å². The standard InChI is InChI=1S/C20H25N3O/c1-15-6-2-3-7-17(15)13-23(14-19-8-4-5-9-22-19)20(24)12-16-10-18(21)11-16/h2-9,16,18H,10-14,21H2,1H3. The van der Waals surface area contributed by atoms with E-state index in [1.807, 2.05) is 35.2 Å². The second-order valence-corrected chi connectivity index (χ2v) is 6.80. The Morgan fingerprint density at radius 2 is 1.92 bits per heavy atom. The van der Waals surface area contributed by atoms with E-state index in [2.05, 4.69) is 24.0 Å². The molecule has 0 aliphatic heterocycles. The first kappa shape index (κ1) is 16.7. The van der Waals surface area contributed by atoms with E-state index in [1.165, 1.54) is 11.1 Å². The van der Waals surface area contributed by atoms with Gasteiger partial charge in [-0.3, -0.25) is 9.78 Å². The summed E-state index contributed by atoms with van der Waals surface area (Å²) in [6.45, 7) is 3.26. The van der Waals surface area contributed by atoms with Gasteiger partial charge in [-0.25, -0.2) is 0 Å². The minimum absolute atomic E-state index is 0.195. The highest BCUT2D eigenvalue weighted by atomic mass is 16.2. The number of amides is 1. The molecule has 4 heteroatoms. The molecule has 0 atom stereocenters. The number of nitrogens with zero attached hydrogens (tertiary/aromatic N) is 2. The predicted molar refractivity (Wildman–Crippen MR) is 95.0 cm³/mol. The van der Waals surface area contributed by atoms with Crippen molar-refractivity contribution in [2.45, 2.75) is 45.3 Å². The maximum atomic E-state index is 12.8. The average Bonchev–Trinajstić information content (AvgIpc) is 2.55. The van der Waals surface area contributed by atoms with Crippen LogP contribution in [0, 0.1) is 12.8 Å². The molecule has 0 spiro atoms. The van der Waals surface area contributed by atoms with Crippen molar-refractivity contribution in [2.75, 3.05) is 0 Å². The van der Waals surface area contributed by atoms with E-state index in [1.54, 1.807) is 6.20 Å². The van der Waals surface area contributed by atoms with Gasteiger partial charge in [0.25, 0.3) is 0 Å². The average molecular weight is 323 g/mol. The van der Waals surface area contributed by atoms with Gasteiger partial charge < -0.3 is 10.6 Å². The number of pyridine rings is 1. The van der Waals surface area contributed by atoms with Gasteiger partial charge in [0.05, 0.1) is 12.2 Å². The van der Waals surface area contributed by atoms with Crippen LogP contribution in [0.4, 0.5) is 0 Å². The zero-order chi connectivity index (χ0) is 16.9. The molecule has 0 unspecified atom stereocenters. The molecule has 1 saturated carbocycles. The second kappa shape index (κ2) is 7.58. The molecule has 4 nitrogen and oxygen atoms in total. The van der Waals surface area contributed by atoms with E-state index < -0.39 is 0 Å². The molecule has 126 valence electrons. The van der Waals surface area contributed by atoms with Crippen LogP contribution in [0.1, 0.15) is 36.1 Å². The molecule has 1 aliphatic rings. The SMILES string of the molecule is Cc1ccccc1CN(Cc1ccccn1)C(=O)CC1CC(N)C1. The van der Waals surface area contributed by atoms with Gasteiger partial charge in [-0.05, 0) is 48.9 Å². The number of hydrogen-bond donors (Lipinski definition) is 1. The van der Waals surface area contributed by atoms with Crippen molar-refractivity contribution in [1.82, 2.24) is 9.88 Å². The van der Waals surface area contributed by atoms with Gasteiger partial charge in [0.2, 0.25) is 5.91 Å². The number of carbonyl (C=O) groups excluding carboxylic acids is 1. The maximum Gasteiger partial charge on any atom is 0.223 e. The van der Waals surface area contributed by atoms with E-state index in [0.717, 1.165) is 18.5 Å². The lowest BCUT2D eigenvalue weighted by molar-refractivity contribution is -0.134. The summed E-state index contributed by atoms with van der Waals surface area (Å²) >= 11 is 0. The van der Waals surface area contributed by atoms with Gasteiger partial charge in [0, 0.05) is 25.2 Å². The first-order chi connectivity index (χ1) is 11.6. The molecule has 2 N–H and O–H groups in total. The number of nitrogens with two attached hydrogens (primary N) is 1. The summed E-state index contributed by atoms with van der Waals surface area (Å²) in [4.78, 5) is 19.1. The molecular formula is C20H25N3O. The topological polar surface area (TPSA) is 59.2 Å². The molecule has 2 aromatic rings. The summed E-state index contributed by atoms with van der Waals surface area (Å²) in [6.07, 6.45) is 4.30. The number of benzene rings is 1. The van der Waals surface area contributed by atoms with E-state index in [9.17, 15) is 4.79 Å². The van der Waals surface area contributed by atoms with Crippen molar-refractivity contribution in [3.8, 4) is 0 Å². The van der Waals surface area contributed by atoms with Crippen LogP contribution in [-0.2, 0) is 17.9 Å². The Bertz CT molecular complexity index is 680. The van der Waals surface area contributed by atoms with E-state index in [0.29, 0.717) is 25.4 Å². The Balaban J connectivity index is 1.72. The monoisotopic (exact) mass is 323 g/mol. The maximum absolute atomic E-state index is 12.8. The van der Waals surface area contributed by atoms with E-state index >= 15 is 0 Å². The van der Waals surface area contributed by atoms with Crippen LogP contribution < -0.4 is 5.73 Å². The molecule has 24 heavy (non-hydrogen) atoms. The minimum Gasteiger partial charge on any atom is -0.332 e. The lowest BCUT2D eigenvalue weighted by Gasteiger charge is -2.34. The second-order valence-electron chi connectivity index (χ2n) is 6.80. The lowest BCUT2D eigenvalue weighted by Crippen LogP contribution is -2.40. The summed E-state index contributed by atoms with van der Waals surface area (Å²) in [6, 6.07) is 14.3. The quantitative estimate of drug-likeness (QED) is 0.889. The fraction of sp³-hybridized carbons (Fsp3) is 0.400. The fourth-order valence-corrected chi connectivity index (χ4v) is 3.24. The van der Waals surface area contributed by atoms with Crippen LogP contribution in [0.2, 0.25) is 0 Å². The summed E-state index contributed by atoms with van der Waals surface area (Å²) in [5, 5.41) is 0. The lowest BCUT2D eigenvalue weighted by atomic mass is 9.78. The first-order valence-electron chi connectivity index (χ1n) is 8.59. The number of rotatable bonds is 6. The van der Waals surface area contributed by atoms with Crippen molar-refractivity contribution in [1.29, 1.82) is 0 Å². The summed E-state index contributed by atoms with van der Waals surface area (Å²) < 4.78 is 0. The predicted octanol–water partition coefficient (Wildman–Crippen LogP) is 3.05. The minimum atomic E-state index is 0.195. The molecule has 1 heterocycles. The van der Waals surface area contributed by atoms with Crippen LogP contribution in [-0.4, -0.2) is 21.8 Å².